The molecule has 2 rings (SSSR count). The van der Waals surface area contributed by atoms with Crippen molar-refractivity contribution in [1.29, 1.82) is 0 Å². The molecule has 0 radical (unpaired) electrons. The van der Waals surface area contributed by atoms with Gasteiger partial charge in [-0.05, 0) is 18.2 Å². The number of methoxy groups -OCH3 is 1. The van der Waals surface area contributed by atoms with Gasteiger partial charge in [0.2, 0.25) is 15.9 Å². The molecule has 0 bridgehead atoms. The number of aliphatic hydroxyl groups excluding tert-OH is 1. The van der Waals surface area contributed by atoms with E-state index in [1.165, 1.54) is 32.2 Å². The molecule has 1 heterocycles. The zero-order valence-corrected chi connectivity index (χ0v) is 16.3. The lowest BCUT2D eigenvalue weighted by Crippen LogP contribution is -2.46. The van der Waals surface area contributed by atoms with Gasteiger partial charge in [0.1, 0.15) is 5.75 Å². The van der Waals surface area contributed by atoms with Crippen molar-refractivity contribution in [3.05, 3.63) is 18.2 Å². The number of nitrogens with one attached hydrogen (secondary N) is 1. The van der Waals surface area contributed by atoms with Gasteiger partial charge in [-0.25, -0.2) is 16.8 Å². The number of aliphatic hydroxyl groups is 1. The first-order valence-corrected chi connectivity index (χ1v) is 11.1. The Balaban J connectivity index is 2.46. The second-order valence-electron chi connectivity index (χ2n) is 5.96. The molecule has 9 nitrogen and oxygen atoms in total. The number of amides is 1. The number of likely N-dealkylation sites (N-methyl/N-ethyl adjacent to an activating group) is 1. The van der Waals surface area contributed by atoms with E-state index in [9.17, 15) is 26.7 Å². The van der Waals surface area contributed by atoms with Gasteiger partial charge in [-0.2, -0.15) is 4.31 Å². The van der Waals surface area contributed by atoms with Gasteiger partial charge in [0.25, 0.3) is 0 Å². The average Bonchev–Trinajstić information content (AvgIpc) is 2.79. The van der Waals surface area contributed by atoms with Gasteiger partial charge in [0.05, 0.1) is 41.3 Å². The molecule has 1 fully saturated rings. The molecule has 146 valence electrons. The molecule has 1 amide bonds. The Bertz CT molecular complexity index is 897. The first kappa shape index (κ1) is 20.6. The van der Waals surface area contributed by atoms with E-state index >= 15 is 0 Å². The number of anilines is 1. The number of hydrogen-bond acceptors (Lipinski definition) is 7. The summed E-state index contributed by atoms with van der Waals surface area (Å²) in [6.07, 6.45) is -1.29. The van der Waals surface area contributed by atoms with Crippen LogP contribution >= 0.6 is 0 Å². The van der Waals surface area contributed by atoms with Crippen LogP contribution in [0.5, 0.6) is 5.75 Å². The second kappa shape index (κ2) is 7.51. The maximum absolute atomic E-state index is 13.0. The molecule has 2 N–H and O–H groups in total. The fourth-order valence-corrected chi connectivity index (χ4v) is 6.52. The molecular formula is C15H22N2O7S2. The highest BCUT2D eigenvalue weighted by atomic mass is 32.2. The number of ether oxygens (including phenoxy) is 1. The van der Waals surface area contributed by atoms with Crippen LogP contribution in [0.2, 0.25) is 0 Å². The molecule has 1 aliphatic heterocycles. The summed E-state index contributed by atoms with van der Waals surface area (Å²) in [7, 11) is -6.23. The minimum atomic E-state index is -4.10. The second-order valence-corrected chi connectivity index (χ2v) is 10.0. The van der Waals surface area contributed by atoms with E-state index in [2.05, 4.69) is 5.32 Å². The van der Waals surface area contributed by atoms with Gasteiger partial charge in [0.15, 0.2) is 9.84 Å². The summed E-state index contributed by atoms with van der Waals surface area (Å²) in [6, 6.07) is 2.89. The maximum Gasteiger partial charge on any atom is 0.243 e. The SMILES string of the molecule is CCN([C@H]1CS(=O)(=O)C[C@H]1O)S(=O)(=O)c1ccc(OC)c(NC(C)=O)c1. The molecule has 1 aromatic rings. The lowest BCUT2D eigenvalue weighted by atomic mass is 10.2. The molecule has 1 aromatic carbocycles. The van der Waals surface area contributed by atoms with Crippen LogP contribution in [0.25, 0.3) is 0 Å². The number of benzene rings is 1. The van der Waals surface area contributed by atoms with Crippen LogP contribution in [0, 0.1) is 0 Å². The standard InChI is InChI=1S/C15H22N2O7S2/c1-4-17(13-8-25(20,21)9-14(13)19)26(22,23)11-5-6-15(24-3)12(7-11)16-10(2)18/h5-7,13-14,19H,4,8-9H2,1-3H3,(H,16,18)/t13-,14+/m0/s1. The summed E-state index contributed by atoms with van der Waals surface area (Å²) < 4.78 is 55.6. The third-order valence-corrected chi connectivity index (χ3v) is 7.76. The zero-order valence-electron chi connectivity index (χ0n) is 14.7. The van der Waals surface area contributed by atoms with Crippen molar-refractivity contribution in [3.8, 4) is 5.75 Å². The minimum Gasteiger partial charge on any atom is -0.495 e. The summed E-state index contributed by atoms with van der Waals surface area (Å²) in [5.74, 6) is -1.02. The van der Waals surface area contributed by atoms with Crippen molar-refractivity contribution < 1.29 is 31.5 Å². The third kappa shape index (κ3) is 4.17. The number of nitrogens with zero attached hydrogens (tertiary/aromatic N) is 1. The summed E-state index contributed by atoms with van der Waals surface area (Å²) in [5, 5.41) is 12.5. The maximum atomic E-state index is 13.0. The highest BCUT2D eigenvalue weighted by Crippen LogP contribution is 2.31. The van der Waals surface area contributed by atoms with Crippen LogP contribution in [0.1, 0.15) is 13.8 Å². The van der Waals surface area contributed by atoms with Crippen LogP contribution in [0.4, 0.5) is 5.69 Å². The number of sulfone groups is 1. The molecular weight excluding hydrogens is 384 g/mol. The Kier molecular flexibility index (Phi) is 5.95. The predicted molar refractivity (Wildman–Crippen MR) is 95.3 cm³/mol. The lowest BCUT2D eigenvalue weighted by Gasteiger charge is -2.28. The molecule has 0 aromatic heterocycles. The largest absolute Gasteiger partial charge is 0.495 e. The Morgan fingerprint density at radius 1 is 1.38 bits per heavy atom. The van der Waals surface area contributed by atoms with Crippen molar-refractivity contribution in [2.75, 3.05) is 30.5 Å². The van der Waals surface area contributed by atoms with Gasteiger partial charge < -0.3 is 15.2 Å². The molecule has 2 atom stereocenters. The fraction of sp³-hybridized carbons (Fsp3) is 0.533. The van der Waals surface area contributed by atoms with E-state index in [1.807, 2.05) is 0 Å². The Hall–Kier alpha value is -1.69. The van der Waals surface area contributed by atoms with E-state index in [0.717, 1.165) is 4.31 Å². The zero-order chi connectivity index (χ0) is 19.7. The van der Waals surface area contributed by atoms with E-state index < -0.39 is 49.4 Å². The smallest absolute Gasteiger partial charge is 0.243 e. The van der Waals surface area contributed by atoms with E-state index in [-0.39, 0.29) is 22.9 Å². The van der Waals surface area contributed by atoms with Crippen molar-refractivity contribution >= 4 is 31.5 Å². The van der Waals surface area contributed by atoms with Crippen LogP contribution in [0.15, 0.2) is 23.1 Å². The van der Waals surface area contributed by atoms with Gasteiger partial charge in [-0.3, -0.25) is 4.79 Å². The van der Waals surface area contributed by atoms with Crippen molar-refractivity contribution in [2.24, 2.45) is 0 Å². The highest BCUT2D eigenvalue weighted by molar-refractivity contribution is 7.92. The molecule has 26 heavy (non-hydrogen) atoms. The summed E-state index contributed by atoms with van der Waals surface area (Å²) in [5.41, 5.74) is 0.178. The van der Waals surface area contributed by atoms with E-state index in [4.69, 9.17) is 4.74 Å². The number of sulfonamides is 1. The third-order valence-electron chi connectivity index (χ3n) is 4.06. The van der Waals surface area contributed by atoms with Crippen LogP contribution in [-0.2, 0) is 24.7 Å². The molecule has 1 aliphatic rings. The summed E-state index contributed by atoms with van der Waals surface area (Å²) in [6.45, 7) is 2.83. The molecule has 0 aliphatic carbocycles. The van der Waals surface area contributed by atoms with Gasteiger partial charge in [-0.1, -0.05) is 6.92 Å². The van der Waals surface area contributed by atoms with Crippen LogP contribution in [-0.4, -0.2) is 69.5 Å². The first-order chi connectivity index (χ1) is 12.0. The average molecular weight is 406 g/mol. The highest BCUT2D eigenvalue weighted by Gasteiger charge is 2.44. The Morgan fingerprint density at radius 3 is 2.50 bits per heavy atom. The van der Waals surface area contributed by atoms with Gasteiger partial charge in [-0.15, -0.1) is 0 Å². The molecule has 11 heteroatoms. The monoisotopic (exact) mass is 406 g/mol. The van der Waals surface area contributed by atoms with E-state index in [0.29, 0.717) is 0 Å². The number of carbonyl (C=O) groups excluding carboxylic acids is 1. The quantitative estimate of drug-likeness (QED) is 0.670. The van der Waals surface area contributed by atoms with Crippen LogP contribution in [0.3, 0.4) is 0 Å². The lowest BCUT2D eigenvalue weighted by molar-refractivity contribution is -0.114. The molecule has 0 saturated carbocycles. The van der Waals surface area contributed by atoms with Gasteiger partial charge >= 0.3 is 0 Å². The molecule has 1 saturated heterocycles. The van der Waals surface area contributed by atoms with Gasteiger partial charge in [0, 0.05) is 13.5 Å². The predicted octanol–water partition coefficient (Wildman–Crippen LogP) is -0.178. The minimum absolute atomic E-state index is 0.0128. The van der Waals surface area contributed by atoms with Crippen molar-refractivity contribution in [2.45, 2.75) is 30.9 Å². The van der Waals surface area contributed by atoms with Crippen LogP contribution < -0.4 is 10.1 Å². The summed E-state index contributed by atoms with van der Waals surface area (Å²) >= 11 is 0. The Labute approximate surface area is 152 Å². The number of hydrogen-bond donors (Lipinski definition) is 2. The number of carbonyl (C=O) groups is 1. The van der Waals surface area contributed by atoms with E-state index in [1.54, 1.807) is 6.92 Å². The normalized spacial score (nSPS) is 22.3. The molecule has 0 spiro atoms. The van der Waals surface area contributed by atoms with Crippen molar-refractivity contribution in [1.82, 2.24) is 4.31 Å². The number of rotatable bonds is 6. The molecule has 0 unspecified atom stereocenters. The Morgan fingerprint density at radius 2 is 2.04 bits per heavy atom. The fourth-order valence-electron chi connectivity index (χ4n) is 2.94. The first-order valence-electron chi connectivity index (χ1n) is 7.87. The topological polar surface area (TPSA) is 130 Å². The van der Waals surface area contributed by atoms with Crippen molar-refractivity contribution in [3.63, 3.8) is 0 Å². The summed E-state index contributed by atoms with van der Waals surface area (Å²) in [4.78, 5) is 11.2.